The van der Waals surface area contributed by atoms with Crippen LogP contribution in [0.25, 0.3) is 10.9 Å². The van der Waals surface area contributed by atoms with Gasteiger partial charge >= 0.3 is 17.6 Å². The largest absolute Gasteiger partial charge is 0.465 e. The first-order chi connectivity index (χ1) is 10.8. The standard InChI is InChI=1S/C13H9FN2O7/c1-22-12(18)9-10(13(19)23-2)15-7-4-6(14)8(16(20)21)3-5(7)11(9)17/h3-4H,1-2H3,(H,15,17). The van der Waals surface area contributed by atoms with E-state index >= 15 is 0 Å². The Morgan fingerprint density at radius 3 is 2.35 bits per heavy atom. The van der Waals surface area contributed by atoms with Crippen molar-refractivity contribution in [2.75, 3.05) is 14.2 Å². The molecule has 0 aliphatic heterocycles. The van der Waals surface area contributed by atoms with Gasteiger partial charge in [-0.3, -0.25) is 14.9 Å². The van der Waals surface area contributed by atoms with Gasteiger partial charge in [0.1, 0.15) is 11.3 Å². The van der Waals surface area contributed by atoms with Crippen molar-refractivity contribution in [1.82, 2.24) is 4.98 Å². The number of aromatic amines is 1. The van der Waals surface area contributed by atoms with Gasteiger partial charge in [0, 0.05) is 12.1 Å². The quantitative estimate of drug-likeness (QED) is 0.509. The lowest BCUT2D eigenvalue weighted by Crippen LogP contribution is -2.24. The minimum Gasteiger partial charge on any atom is -0.465 e. The summed E-state index contributed by atoms with van der Waals surface area (Å²) in [5.74, 6) is -3.40. The lowest BCUT2D eigenvalue weighted by Gasteiger charge is -2.08. The number of nitrogens with one attached hydrogen (secondary N) is 1. The number of rotatable bonds is 3. The molecule has 0 saturated carbocycles. The Morgan fingerprint density at radius 1 is 1.22 bits per heavy atom. The lowest BCUT2D eigenvalue weighted by molar-refractivity contribution is -0.387. The van der Waals surface area contributed by atoms with Crippen molar-refractivity contribution in [1.29, 1.82) is 0 Å². The van der Waals surface area contributed by atoms with Crippen molar-refractivity contribution in [2.24, 2.45) is 0 Å². The van der Waals surface area contributed by atoms with Crippen LogP contribution >= 0.6 is 0 Å². The van der Waals surface area contributed by atoms with E-state index in [1.54, 1.807) is 0 Å². The second kappa shape index (κ2) is 5.83. The number of nitro groups is 1. The van der Waals surface area contributed by atoms with Gasteiger partial charge in [-0.05, 0) is 0 Å². The number of esters is 2. The highest BCUT2D eigenvalue weighted by molar-refractivity contribution is 6.04. The maximum absolute atomic E-state index is 13.7. The molecule has 23 heavy (non-hydrogen) atoms. The van der Waals surface area contributed by atoms with Crippen LogP contribution in [0.15, 0.2) is 16.9 Å². The highest BCUT2D eigenvalue weighted by Gasteiger charge is 2.27. The van der Waals surface area contributed by atoms with Crippen LogP contribution in [-0.4, -0.2) is 36.1 Å². The lowest BCUT2D eigenvalue weighted by atomic mass is 10.1. The third-order valence-corrected chi connectivity index (χ3v) is 3.04. The highest BCUT2D eigenvalue weighted by Crippen LogP contribution is 2.23. The summed E-state index contributed by atoms with van der Waals surface area (Å²) in [6.07, 6.45) is 0. The molecule has 0 saturated heterocycles. The summed E-state index contributed by atoms with van der Waals surface area (Å²) in [5, 5.41) is 10.4. The molecule has 2 rings (SSSR count). The Bertz CT molecular complexity index is 903. The van der Waals surface area contributed by atoms with E-state index in [1.165, 1.54) is 0 Å². The highest BCUT2D eigenvalue weighted by atomic mass is 19.1. The molecule has 1 heterocycles. The molecule has 10 heteroatoms. The van der Waals surface area contributed by atoms with Crippen LogP contribution in [0.4, 0.5) is 10.1 Å². The third kappa shape index (κ3) is 2.61. The molecule has 0 fully saturated rings. The number of hydrogen-bond acceptors (Lipinski definition) is 7. The summed E-state index contributed by atoms with van der Waals surface area (Å²) >= 11 is 0. The molecular weight excluding hydrogens is 315 g/mol. The van der Waals surface area contributed by atoms with Crippen molar-refractivity contribution in [3.8, 4) is 0 Å². The summed E-state index contributed by atoms with van der Waals surface area (Å²) in [7, 11) is 2.00. The summed E-state index contributed by atoms with van der Waals surface area (Å²) in [6, 6.07) is 1.36. The zero-order valence-electron chi connectivity index (χ0n) is 11.8. The molecule has 1 aromatic carbocycles. The molecule has 0 bridgehead atoms. The van der Waals surface area contributed by atoms with Gasteiger partial charge in [0.05, 0.1) is 30.0 Å². The van der Waals surface area contributed by atoms with Gasteiger partial charge in [-0.2, -0.15) is 4.39 Å². The number of methoxy groups -OCH3 is 2. The van der Waals surface area contributed by atoms with E-state index in [0.717, 1.165) is 14.2 Å². The summed E-state index contributed by atoms with van der Waals surface area (Å²) < 4.78 is 22.5. The minimum atomic E-state index is -1.21. The zero-order valence-corrected chi connectivity index (χ0v) is 11.8. The fraction of sp³-hybridized carbons (Fsp3) is 0.154. The van der Waals surface area contributed by atoms with Crippen molar-refractivity contribution >= 4 is 28.5 Å². The number of aromatic nitrogens is 1. The SMILES string of the molecule is COC(=O)c1[nH]c2cc(F)c([N+](=O)[O-])cc2c(=O)c1C(=O)OC. The molecule has 0 aliphatic rings. The van der Waals surface area contributed by atoms with E-state index in [0.29, 0.717) is 12.1 Å². The molecule has 0 amide bonds. The molecule has 0 radical (unpaired) electrons. The number of benzene rings is 1. The molecule has 1 N–H and O–H groups in total. The van der Waals surface area contributed by atoms with Crippen molar-refractivity contribution in [3.63, 3.8) is 0 Å². The molecule has 9 nitrogen and oxygen atoms in total. The molecule has 0 aliphatic carbocycles. The molecule has 120 valence electrons. The van der Waals surface area contributed by atoms with Crippen LogP contribution < -0.4 is 5.43 Å². The van der Waals surface area contributed by atoms with Gasteiger partial charge in [-0.25, -0.2) is 9.59 Å². The van der Waals surface area contributed by atoms with E-state index in [-0.39, 0.29) is 10.9 Å². The fourth-order valence-electron chi connectivity index (χ4n) is 1.99. The van der Waals surface area contributed by atoms with Crippen molar-refractivity contribution in [3.05, 3.63) is 49.5 Å². The number of fused-ring (bicyclic) bond motifs is 1. The number of H-pyrrole nitrogens is 1. The van der Waals surface area contributed by atoms with E-state index < -0.39 is 45.1 Å². The Labute approximate surface area is 126 Å². The maximum atomic E-state index is 13.7. The predicted molar refractivity (Wildman–Crippen MR) is 73.9 cm³/mol. The van der Waals surface area contributed by atoms with Gasteiger partial charge in [0.2, 0.25) is 11.2 Å². The predicted octanol–water partition coefficient (Wildman–Crippen LogP) is 1.15. The Morgan fingerprint density at radius 2 is 1.83 bits per heavy atom. The average Bonchev–Trinajstić information content (AvgIpc) is 2.52. The molecule has 0 unspecified atom stereocenters. The first kappa shape index (κ1) is 16.1. The van der Waals surface area contributed by atoms with Gasteiger partial charge in [-0.15, -0.1) is 0 Å². The molecule has 2 aromatic rings. The number of carbonyl (C=O) groups is 2. The topological polar surface area (TPSA) is 129 Å². The van der Waals surface area contributed by atoms with E-state index in [2.05, 4.69) is 14.5 Å². The summed E-state index contributed by atoms with van der Waals surface area (Å²) in [6.45, 7) is 0. The van der Waals surface area contributed by atoms with Gasteiger partial charge in [0.25, 0.3) is 0 Å². The second-order valence-corrected chi connectivity index (χ2v) is 4.29. The Kier molecular flexibility index (Phi) is 4.08. The number of pyridine rings is 1. The Hall–Kier alpha value is -3.30. The summed E-state index contributed by atoms with van der Waals surface area (Å²) in [5.41, 5.74) is -3.39. The van der Waals surface area contributed by atoms with E-state index in [9.17, 15) is 28.9 Å². The molecule has 0 atom stereocenters. The van der Waals surface area contributed by atoms with Crippen LogP contribution in [0, 0.1) is 15.9 Å². The number of nitrogens with zero attached hydrogens (tertiary/aromatic N) is 1. The first-order valence-electron chi connectivity index (χ1n) is 6.02. The normalized spacial score (nSPS) is 10.4. The zero-order chi connectivity index (χ0) is 17.3. The van der Waals surface area contributed by atoms with Crippen LogP contribution in [0.5, 0.6) is 0 Å². The van der Waals surface area contributed by atoms with Crippen LogP contribution in [0.2, 0.25) is 0 Å². The number of hydrogen-bond donors (Lipinski definition) is 1. The van der Waals surface area contributed by atoms with Crippen LogP contribution in [0.3, 0.4) is 0 Å². The average molecular weight is 324 g/mol. The van der Waals surface area contributed by atoms with Gasteiger partial charge in [0.15, 0.2) is 0 Å². The molecular formula is C13H9FN2O7. The van der Waals surface area contributed by atoms with Crippen LogP contribution in [-0.2, 0) is 9.47 Å². The monoisotopic (exact) mass is 324 g/mol. The summed E-state index contributed by atoms with van der Waals surface area (Å²) in [4.78, 5) is 48.0. The molecule has 0 spiro atoms. The smallest absolute Gasteiger partial charge is 0.355 e. The van der Waals surface area contributed by atoms with Crippen LogP contribution in [0.1, 0.15) is 20.8 Å². The minimum absolute atomic E-state index is 0.203. The number of carbonyl (C=O) groups excluding carboxylic acids is 2. The van der Waals surface area contributed by atoms with E-state index in [4.69, 9.17) is 0 Å². The fourth-order valence-corrected chi connectivity index (χ4v) is 1.99. The number of ether oxygens (including phenoxy) is 2. The third-order valence-electron chi connectivity index (χ3n) is 3.04. The number of nitro benzene ring substituents is 1. The first-order valence-corrected chi connectivity index (χ1v) is 6.02. The maximum Gasteiger partial charge on any atom is 0.355 e. The second-order valence-electron chi connectivity index (χ2n) is 4.29. The van der Waals surface area contributed by atoms with Crippen molar-refractivity contribution in [2.45, 2.75) is 0 Å². The van der Waals surface area contributed by atoms with Crippen molar-refractivity contribution < 1.29 is 28.4 Å². The van der Waals surface area contributed by atoms with E-state index in [1.807, 2.05) is 0 Å². The van der Waals surface area contributed by atoms with Gasteiger partial charge < -0.3 is 14.5 Å². The van der Waals surface area contributed by atoms with Gasteiger partial charge in [-0.1, -0.05) is 0 Å². The number of halogens is 1. The Balaban J connectivity index is 2.96. The molecule has 1 aromatic heterocycles.